The molecule has 1 heterocycles. The molecule has 0 aliphatic rings. The third-order valence-corrected chi connectivity index (χ3v) is 5.68. The van der Waals surface area contributed by atoms with Crippen molar-refractivity contribution in [2.24, 2.45) is 4.99 Å². The summed E-state index contributed by atoms with van der Waals surface area (Å²) in [6.07, 6.45) is 0. The predicted octanol–water partition coefficient (Wildman–Crippen LogP) is 5.19. The van der Waals surface area contributed by atoms with E-state index in [4.69, 9.17) is 9.47 Å². The van der Waals surface area contributed by atoms with Crippen LogP contribution in [0, 0.1) is 6.92 Å². The van der Waals surface area contributed by atoms with Crippen LogP contribution in [-0.4, -0.2) is 24.2 Å². The Hall–Kier alpha value is -3.22. The molecule has 152 valence electrons. The molecule has 5 nitrogen and oxygen atoms in total. The summed E-state index contributed by atoms with van der Waals surface area (Å²) in [6.45, 7) is 3.21. The number of benzene rings is 3. The topological polar surface area (TPSA) is 52.8 Å². The molecule has 0 aliphatic carbocycles. The van der Waals surface area contributed by atoms with Crippen molar-refractivity contribution in [1.82, 2.24) is 4.57 Å². The number of rotatable bonds is 6. The van der Waals surface area contributed by atoms with Gasteiger partial charge in [-0.25, -0.2) is 0 Å². The van der Waals surface area contributed by atoms with Crippen LogP contribution in [0.4, 0.5) is 0 Å². The van der Waals surface area contributed by atoms with Gasteiger partial charge in [0.1, 0.15) is 11.5 Å². The normalized spacial score (nSPS) is 11.7. The monoisotopic (exact) mass is 418 g/mol. The lowest BCUT2D eigenvalue weighted by atomic mass is 10.2. The number of thiazole rings is 1. The lowest BCUT2D eigenvalue weighted by Gasteiger charge is -2.09. The summed E-state index contributed by atoms with van der Waals surface area (Å²) in [4.78, 5) is 18.2. The molecule has 0 atom stereocenters. The maximum absolute atomic E-state index is 13.1. The zero-order chi connectivity index (χ0) is 20.9. The Morgan fingerprint density at radius 1 is 1.03 bits per heavy atom. The fourth-order valence-corrected chi connectivity index (χ4v) is 4.31. The Labute approximate surface area is 178 Å². The van der Waals surface area contributed by atoms with E-state index in [2.05, 4.69) is 30.1 Å². The number of para-hydroxylation sites is 2. The van der Waals surface area contributed by atoms with Crippen LogP contribution < -0.4 is 9.54 Å². The van der Waals surface area contributed by atoms with Crippen molar-refractivity contribution in [2.45, 2.75) is 13.5 Å². The summed E-state index contributed by atoms with van der Waals surface area (Å²) in [5, 5.41) is 0. The van der Waals surface area contributed by atoms with E-state index in [1.54, 1.807) is 19.2 Å². The molecule has 4 aromatic rings. The van der Waals surface area contributed by atoms with Crippen molar-refractivity contribution in [3.05, 3.63) is 88.7 Å². The maximum Gasteiger partial charge on any atom is 0.283 e. The fraction of sp³-hybridized carbons (Fsp3) is 0.167. The van der Waals surface area contributed by atoms with E-state index in [-0.39, 0.29) is 5.91 Å². The van der Waals surface area contributed by atoms with E-state index in [0.29, 0.717) is 35.0 Å². The molecular weight excluding hydrogens is 396 g/mol. The molecule has 0 saturated heterocycles. The number of methoxy groups -OCH3 is 1. The first-order valence-electron chi connectivity index (χ1n) is 9.65. The Bertz CT molecular complexity index is 1240. The van der Waals surface area contributed by atoms with E-state index in [9.17, 15) is 4.79 Å². The van der Waals surface area contributed by atoms with Gasteiger partial charge in [0.05, 0.1) is 22.4 Å². The Kier molecular flexibility index (Phi) is 6.07. The van der Waals surface area contributed by atoms with Crippen LogP contribution in [0.3, 0.4) is 0 Å². The zero-order valence-electron chi connectivity index (χ0n) is 16.9. The number of aryl methyl sites for hydroxylation is 1. The Morgan fingerprint density at radius 3 is 2.60 bits per heavy atom. The highest BCUT2D eigenvalue weighted by Gasteiger charge is 2.14. The van der Waals surface area contributed by atoms with E-state index in [0.717, 1.165) is 10.2 Å². The van der Waals surface area contributed by atoms with Crippen LogP contribution in [0.25, 0.3) is 10.2 Å². The second-order valence-corrected chi connectivity index (χ2v) is 7.84. The minimum absolute atomic E-state index is 0.337. The predicted molar refractivity (Wildman–Crippen MR) is 119 cm³/mol. The van der Waals surface area contributed by atoms with Crippen LogP contribution >= 0.6 is 11.3 Å². The van der Waals surface area contributed by atoms with Gasteiger partial charge in [0.25, 0.3) is 5.91 Å². The van der Waals surface area contributed by atoms with E-state index < -0.39 is 0 Å². The smallest absolute Gasteiger partial charge is 0.283 e. The molecule has 3 aromatic carbocycles. The van der Waals surface area contributed by atoms with Gasteiger partial charge in [-0.1, -0.05) is 47.7 Å². The first-order valence-corrected chi connectivity index (χ1v) is 10.5. The van der Waals surface area contributed by atoms with E-state index in [1.165, 1.54) is 16.9 Å². The van der Waals surface area contributed by atoms with Gasteiger partial charge in [0.2, 0.25) is 0 Å². The van der Waals surface area contributed by atoms with Crippen molar-refractivity contribution in [2.75, 3.05) is 13.7 Å². The molecule has 0 radical (unpaired) electrons. The number of carbonyl (C=O) groups excluding carboxylic acids is 1. The number of carbonyl (C=O) groups is 1. The van der Waals surface area contributed by atoms with Crippen LogP contribution in [-0.2, 0) is 11.3 Å². The van der Waals surface area contributed by atoms with Crippen molar-refractivity contribution < 1.29 is 14.3 Å². The summed E-state index contributed by atoms with van der Waals surface area (Å²) in [7, 11) is 1.67. The maximum atomic E-state index is 13.1. The largest absolute Gasteiger partial charge is 0.457 e. The molecule has 4 rings (SSSR count). The highest BCUT2D eigenvalue weighted by Crippen LogP contribution is 2.26. The van der Waals surface area contributed by atoms with Crippen LogP contribution in [0.15, 0.2) is 77.8 Å². The summed E-state index contributed by atoms with van der Waals surface area (Å²) in [5.74, 6) is 0.819. The van der Waals surface area contributed by atoms with Crippen LogP contribution in [0.5, 0.6) is 11.5 Å². The Balaban J connectivity index is 1.75. The number of amides is 1. The summed E-state index contributed by atoms with van der Waals surface area (Å²) < 4.78 is 14.3. The number of fused-ring (bicyclic) bond motifs is 1. The van der Waals surface area contributed by atoms with Gasteiger partial charge in [-0.05, 0) is 48.9 Å². The van der Waals surface area contributed by atoms with Gasteiger partial charge < -0.3 is 14.0 Å². The highest BCUT2D eigenvalue weighted by atomic mass is 32.1. The molecule has 0 saturated carbocycles. The number of hydrogen-bond acceptors (Lipinski definition) is 4. The molecule has 0 spiro atoms. The van der Waals surface area contributed by atoms with Crippen LogP contribution in [0.1, 0.15) is 15.9 Å². The van der Waals surface area contributed by atoms with Crippen molar-refractivity contribution in [3.8, 4) is 11.5 Å². The molecule has 0 bridgehead atoms. The number of ether oxygens (including phenoxy) is 2. The molecule has 0 fully saturated rings. The quantitative estimate of drug-likeness (QED) is 0.433. The van der Waals surface area contributed by atoms with Gasteiger partial charge in [-0.3, -0.25) is 4.79 Å². The van der Waals surface area contributed by atoms with Crippen molar-refractivity contribution in [3.63, 3.8) is 0 Å². The van der Waals surface area contributed by atoms with Crippen LogP contribution in [0.2, 0.25) is 0 Å². The minimum atomic E-state index is -0.337. The lowest BCUT2D eigenvalue weighted by molar-refractivity contribution is 0.0995. The third kappa shape index (κ3) is 4.35. The van der Waals surface area contributed by atoms with Crippen molar-refractivity contribution in [1.29, 1.82) is 0 Å². The van der Waals surface area contributed by atoms with Gasteiger partial charge in [0, 0.05) is 13.7 Å². The van der Waals surface area contributed by atoms with Gasteiger partial charge in [-0.15, -0.1) is 0 Å². The van der Waals surface area contributed by atoms with Gasteiger partial charge >= 0.3 is 0 Å². The highest BCUT2D eigenvalue weighted by molar-refractivity contribution is 7.16. The second kappa shape index (κ2) is 9.07. The standard InChI is InChI=1S/C24H22N2O3S/c1-17-12-13-20-22(16-17)30-24(26(20)14-15-28-2)25-23(27)19-10-6-7-11-21(19)29-18-8-4-3-5-9-18/h3-13,16H,14-15H2,1-2H3. The Morgan fingerprint density at radius 2 is 1.80 bits per heavy atom. The van der Waals surface area contributed by atoms with E-state index >= 15 is 0 Å². The fourth-order valence-electron chi connectivity index (χ4n) is 3.16. The summed E-state index contributed by atoms with van der Waals surface area (Å²) >= 11 is 1.50. The number of hydrogen-bond donors (Lipinski definition) is 0. The number of nitrogens with zero attached hydrogens (tertiary/aromatic N) is 2. The molecule has 0 unspecified atom stereocenters. The van der Waals surface area contributed by atoms with Crippen molar-refractivity contribution >= 4 is 27.5 Å². The molecule has 0 N–H and O–H groups in total. The molecular formula is C24H22N2O3S. The molecule has 1 amide bonds. The molecule has 30 heavy (non-hydrogen) atoms. The second-order valence-electron chi connectivity index (χ2n) is 6.83. The van der Waals surface area contributed by atoms with Gasteiger partial charge in [0.15, 0.2) is 4.80 Å². The minimum Gasteiger partial charge on any atom is -0.457 e. The first kappa shape index (κ1) is 20.1. The summed E-state index contributed by atoms with van der Waals surface area (Å²) in [5.41, 5.74) is 2.64. The average Bonchev–Trinajstić information content (AvgIpc) is 3.09. The lowest BCUT2D eigenvalue weighted by Crippen LogP contribution is -2.19. The zero-order valence-corrected chi connectivity index (χ0v) is 17.7. The molecule has 6 heteroatoms. The molecule has 0 aliphatic heterocycles. The average molecular weight is 419 g/mol. The van der Waals surface area contributed by atoms with Gasteiger partial charge in [-0.2, -0.15) is 4.99 Å². The SMILES string of the molecule is COCCn1c(=NC(=O)c2ccccc2Oc2ccccc2)sc2cc(C)ccc21. The number of aromatic nitrogens is 1. The first-order chi connectivity index (χ1) is 14.7. The van der Waals surface area contributed by atoms with E-state index in [1.807, 2.05) is 47.0 Å². The summed E-state index contributed by atoms with van der Waals surface area (Å²) in [6, 6.07) is 22.8. The third-order valence-electron chi connectivity index (χ3n) is 4.64. The molecule has 1 aromatic heterocycles.